The Balaban J connectivity index is 1.68. The Kier molecular flexibility index (Phi) is 8.08. The Bertz CT molecular complexity index is 1400. The second kappa shape index (κ2) is 11.1. The van der Waals surface area contributed by atoms with E-state index in [1.165, 1.54) is 22.7 Å². The van der Waals surface area contributed by atoms with Crippen molar-refractivity contribution < 1.29 is 26.8 Å². The Hall–Kier alpha value is -3.44. The molecule has 1 N–H and O–H groups in total. The van der Waals surface area contributed by atoms with E-state index in [9.17, 15) is 26.8 Å². The first-order valence-corrected chi connectivity index (χ1v) is 13.9. The van der Waals surface area contributed by atoms with Gasteiger partial charge in [0.25, 0.3) is 0 Å². The van der Waals surface area contributed by atoms with Gasteiger partial charge in [0.05, 0.1) is 17.5 Å². The van der Waals surface area contributed by atoms with Crippen LogP contribution in [0.2, 0.25) is 0 Å². The van der Waals surface area contributed by atoms with Crippen LogP contribution < -0.4 is 4.90 Å². The van der Waals surface area contributed by atoms with E-state index in [4.69, 9.17) is 0 Å². The Labute approximate surface area is 220 Å². The third kappa shape index (κ3) is 6.33. The molecule has 3 aromatic rings. The molecule has 2 heterocycles. The number of pyridine rings is 1. The molecule has 0 saturated carbocycles. The van der Waals surface area contributed by atoms with Crippen LogP contribution in [0.3, 0.4) is 0 Å². The van der Waals surface area contributed by atoms with E-state index in [2.05, 4.69) is 15.0 Å². The number of rotatable bonds is 7. The van der Waals surface area contributed by atoms with Gasteiger partial charge in [-0.1, -0.05) is 35.5 Å². The van der Waals surface area contributed by atoms with Crippen molar-refractivity contribution >= 4 is 21.4 Å². The van der Waals surface area contributed by atoms with Crippen molar-refractivity contribution in [2.45, 2.75) is 25.4 Å². The highest BCUT2D eigenvalue weighted by Crippen LogP contribution is 2.36. The monoisotopic (exact) mass is 546 g/mol. The van der Waals surface area contributed by atoms with Gasteiger partial charge in [0.2, 0.25) is 10.0 Å². The SMILES string of the molecule is Cc1cc(/C(=N\O)C(Cc2ccccc2C(F)(F)F)c2ccc(N3CCN(S(C)(=O)=O)CC3)cc2)ccn1. The number of alkyl halides is 3. The summed E-state index contributed by atoms with van der Waals surface area (Å²) < 4.78 is 66.4. The lowest BCUT2D eigenvalue weighted by molar-refractivity contribution is -0.138. The lowest BCUT2D eigenvalue weighted by Gasteiger charge is -2.35. The predicted molar refractivity (Wildman–Crippen MR) is 140 cm³/mol. The Morgan fingerprint density at radius 1 is 1.05 bits per heavy atom. The molecule has 1 unspecified atom stereocenters. The number of aromatic nitrogens is 1. The molecule has 0 amide bonds. The largest absolute Gasteiger partial charge is 0.416 e. The lowest BCUT2D eigenvalue weighted by Crippen LogP contribution is -2.48. The van der Waals surface area contributed by atoms with Crippen molar-refractivity contribution in [1.29, 1.82) is 0 Å². The van der Waals surface area contributed by atoms with E-state index < -0.39 is 27.7 Å². The summed E-state index contributed by atoms with van der Waals surface area (Å²) in [7, 11) is -3.25. The summed E-state index contributed by atoms with van der Waals surface area (Å²) >= 11 is 0. The fourth-order valence-electron chi connectivity index (χ4n) is 4.80. The van der Waals surface area contributed by atoms with Gasteiger partial charge in [-0.2, -0.15) is 17.5 Å². The van der Waals surface area contributed by atoms with Crippen molar-refractivity contribution in [2.24, 2.45) is 5.16 Å². The number of piperazine rings is 1. The molecule has 1 aliphatic rings. The van der Waals surface area contributed by atoms with Crippen LogP contribution in [0.4, 0.5) is 18.9 Å². The molecular weight excluding hydrogens is 517 g/mol. The molecule has 38 heavy (non-hydrogen) atoms. The summed E-state index contributed by atoms with van der Waals surface area (Å²) in [6.07, 6.45) is -1.80. The zero-order valence-corrected chi connectivity index (χ0v) is 21.9. The molecule has 1 saturated heterocycles. The zero-order chi connectivity index (χ0) is 27.5. The summed E-state index contributed by atoms with van der Waals surface area (Å²) in [5, 5.41) is 13.6. The second-order valence-electron chi connectivity index (χ2n) is 9.32. The summed E-state index contributed by atoms with van der Waals surface area (Å²) in [4.78, 5) is 6.23. The molecule has 0 aliphatic carbocycles. The van der Waals surface area contributed by atoms with Crippen molar-refractivity contribution in [1.82, 2.24) is 9.29 Å². The summed E-state index contributed by atoms with van der Waals surface area (Å²) in [6, 6.07) is 16.2. The van der Waals surface area contributed by atoms with Crippen LogP contribution in [0.5, 0.6) is 0 Å². The van der Waals surface area contributed by atoms with E-state index in [0.29, 0.717) is 43.0 Å². The molecule has 0 spiro atoms. The van der Waals surface area contributed by atoms with Gasteiger partial charge in [-0.25, -0.2) is 8.42 Å². The fourth-order valence-corrected chi connectivity index (χ4v) is 5.62. The predicted octanol–water partition coefficient (Wildman–Crippen LogP) is 4.70. The van der Waals surface area contributed by atoms with Gasteiger partial charge in [-0.3, -0.25) is 4.98 Å². The fraction of sp³-hybridized carbons (Fsp3) is 0.333. The molecule has 202 valence electrons. The number of nitrogens with zero attached hydrogens (tertiary/aromatic N) is 4. The van der Waals surface area contributed by atoms with E-state index in [1.54, 1.807) is 31.3 Å². The zero-order valence-electron chi connectivity index (χ0n) is 21.1. The number of hydrogen-bond acceptors (Lipinski definition) is 6. The number of benzene rings is 2. The van der Waals surface area contributed by atoms with Gasteiger partial charge in [-0.05, 0) is 54.8 Å². The summed E-state index contributed by atoms with van der Waals surface area (Å²) in [5.41, 5.74) is 2.41. The number of sulfonamides is 1. The minimum Gasteiger partial charge on any atom is -0.411 e. The smallest absolute Gasteiger partial charge is 0.411 e. The maximum atomic E-state index is 13.8. The molecule has 11 heteroatoms. The molecule has 1 aromatic heterocycles. The third-order valence-corrected chi connectivity index (χ3v) is 8.05. The van der Waals surface area contributed by atoms with Gasteiger partial charge in [0, 0.05) is 55.2 Å². The van der Waals surface area contributed by atoms with E-state index in [1.807, 2.05) is 24.3 Å². The molecule has 1 atom stereocenters. The number of oxime groups is 1. The maximum absolute atomic E-state index is 13.8. The number of halogens is 3. The van der Waals surface area contributed by atoms with Crippen molar-refractivity contribution in [3.05, 3.63) is 94.8 Å². The number of anilines is 1. The first-order valence-electron chi connectivity index (χ1n) is 12.1. The average Bonchev–Trinajstić information content (AvgIpc) is 2.88. The highest BCUT2D eigenvalue weighted by molar-refractivity contribution is 7.88. The standard InChI is InChI=1S/C27H29F3N4O3S/c1-19-17-22(11-12-31-19)26(32-35)24(18-21-5-3-4-6-25(21)27(28,29)30)20-7-9-23(10-8-20)33-13-15-34(16-14-33)38(2,36)37/h3-12,17,24,35H,13-16,18H2,1-2H3/b32-26+. The minimum atomic E-state index is -4.52. The second-order valence-corrected chi connectivity index (χ2v) is 11.3. The number of hydrogen-bond donors (Lipinski definition) is 1. The molecule has 1 fully saturated rings. The van der Waals surface area contributed by atoms with Crippen LogP contribution in [0.15, 0.2) is 72.0 Å². The van der Waals surface area contributed by atoms with Crippen LogP contribution in [0.25, 0.3) is 0 Å². The summed E-state index contributed by atoms with van der Waals surface area (Å²) in [5.74, 6) is -0.679. The first-order chi connectivity index (χ1) is 18.0. The van der Waals surface area contributed by atoms with E-state index >= 15 is 0 Å². The normalized spacial score (nSPS) is 16.4. The minimum absolute atomic E-state index is 0.0389. The van der Waals surface area contributed by atoms with Crippen molar-refractivity contribution in [2.75, 3.05) is 37.3 Å². The Morgan fingerprint density at radius 3 is 2.29 bits per heavy atom. The van der Waals surface area contributed by atoms with Crippen LogP contribution in [0, 0.1) is 6.92 Å². The van der Waals surface area contributed by atoms with Crippen molar-refractivity contribution in [3.63, 3.8) is 0 Å². The van der Waals surface area contributed by atoms with Gasteiger partial charge in [-0.15, -0.1) is 0 Å². The van der Waals surface area contributed by atoms with Gasteiger partial charge in [0.15, 0.2) is 0 Å². The lowest BCUT2D eigenvalue weighted by atomic mass is 9.83. The van der Waals surface area contributed by atoms with Gasteiger partial charge < -0.3 is 10.1 Å². The summed E-state index contributed by atoms with van der Waals surface area (Å²) in [6.45, 7) is 3.58. The highest BCUT2D eigenvalue weighted by Gasteiger charge is 2.34. The van der Waals surface area contributed by atoms with E-state index in [0.717, 1.165) is 11.8 Å². The third-order valence-electron chi connectivity index (χ3n) is 6.75. The molecular formula is C27H29F3N4O3S. The molecule has 2 aromatic carbocycles. The molecule has 1 aliphatic heterocycles. The first kappa shape index (κ1) is 27.6. The maximum Gasteiger partial charge on any atom is 0.416 e. The van der Waals surface area contributed by atoms with Gasteiger partial charge >= 0.3 is 6.18 Å². The van der Waals surface area contributed by atoms with E-state index in [-0.39, 0.29) is 17.7 Å². The highest BCUT2D eigenvalue weighted by atomic mass is 32.2. The van der Waals surface area contributed by atoms with Crippen molar-refractivity contribution in [3.8, 4) is 0 Å². The topological polar surface area (TPSA) is 86.1 Å². The van der Waals surface area contributed by atoms with Crippen LogP contribution in [-0.2, 0) is 22.6 Å². The Morgan fingerprint density at radius 2 is 1.71 bits per heavy atom. The quantitative estimate of drug-likeness (QED) is 0.264. The molecule has 7 nitrogen and oxygen atoms in total. The average molecular weight is 547 g/mol. The van der Waals surface area contributed by atoms with Crippen LogP contribution in [0.1, 0.15) is 33.9 Å². The van der Waals surface area contributed by atoms with Gasteiger partial charge in [0.1, 0.15) is 0 Å². The molecule has 4 rings (SSSR count). The number of aryl methyl sites for hydroxylation is 1. The molecule has 0 radical (unpaired) electrons. The molecule has 0 bridgehead atoms. The van der Waals surface area contributed by atoms with Crippen LogP contribution >= 0.6 is 0 Å². The van der Waals surface area contributed by atoms with Crippen LogP contribution in [-0.4, -0.2) is 61.1 Å².